The second-order valence-electron chi connectivity index (χ2n) is 3.57. The zero-order valence-electron chi connectivity index (χ0n) is 9.74. The molecular weight excluding hydrogens is 298 g/mol. The number of ether oxygens (including phenoxy) is 1. The Balaban J connectivity index is 2.06. The van der Waals surface area contributed by atoms with E-state index in [9.17, 15) is 4.79 Å². The lowest BCUT2D eigenvalue weighted by Crippen LogP contribution is -2.19. The number of imidazole rings is 1. The molecule has 0 saturated heterocycles. The highest BCUT2D eigenvalue weighted by atomic mass is 79.9. The van der Waals surface area contributed by atoms with Crippen molar-refractivity contribution in [2.45, 2.75) is 6.61 Å². The predicted octanol–water partition coefficient (Wildman–Crippen LogP) is 2.70. The van der Waals surface area contributed by atoms with E-state index in [-0.39, 0.29) is 6.61 Å². The van der Waals surface area contributed by atoms with Crippen molar-refractivity contribution < 1.29 is 9.53 Å². The van der Waals surface area contributed by atoms with E-state index in [1.807, 2.05) is 24.3 Å². The van der Waals surface area contributed by atoms with Crippen LogP contribution in [-0.2, 0) is 11.3 Å². The molecule has 1 heterocycles. The van der Waals surface area contributed by atoms with Gasteiger partial charge in [0, 0.05) is 23.3 Å². The normalized spacial score (nSPS) is 10.1. The lowest BCUT2D eigenvalue weighted by Gasteiger charge is -2.00. The number of hydrogen-bond acceptors (Lipinski definition) is 3. The summed E-state index contributed by atoms with van der Waals surface area (Å²) in [7, 11) is 1.51. The quantitative estimate of drug-likeness (QED) is 0.916. The zero-order valence-corrected chi connectivity index (χ0v) is 11.3. The molecule has 94 valence electrons. The molecule has 6 heteroatoms. The number of halogens is 1. The van der Waals surface area contributed by atoms with Gasteiger partial charge in [-0.15, -0.1) is 0 Å². The van der Waals surface area contributed by atoms with Gasteiger partial charge in [-0.25, -0.2) is 9.78 Å². The Kier molecular flexibility index (Phi) is 3.99. The molecule has 0 saturated carbocycles. The summed E-state index contributed by atoms with van der Waals surface area (Å²) in [6.07, 6.45) is 1.31. The fourth-order valence-electron chi connectivity index (χ4n) is 1.41. The fraction of sp³-hybridized carbons (Fsp3) is 0.167. The van der Waals surface area contributed by atoms with E-state index in [4.69, 9.17) is 4.74 Å². The Morgan fingerprint density at radius 3 is 2.83 bits per heavy atom. The highest BCUT2D eigenvalue weighted by Crippen LogP contribution is 2.20. The molecule has 1 aromatic heterocycles. The molecule has 0 atom stereocenters. The van der Waals surface area contributed by atoms with Crippen molar-refractivity contribution >= 4 is 22.0 Å². The molecule has 1 amide bonds. The van der Waals surface area contributed by atoms with Gasteiger partial charge in [0.2, 0.25) is 0 Å². The summed E-state index contributed by atoms with van der Waals surface area (Å²) in [6, 6.07) is 7.82. The van der Waals surface area contributed by atoms with Crippen LogP contribution in [-0.4, -0.2) is 23.1 Å². The molecule has 0 aliphatic rings. The topological polar surface area (TPSA) is 67.0 Å². The first-order chi connectivity index (χ1) is 8.69. The first-order valence-corrected chi connectivity index (χ1v) is 6.13. The van der Waals surface area contributed by atoms with Crippen LogP contribution in [0.2, 0.25) is 0 Å². The van der Waals surface area contributed by atoms with E-state index in [0.717, 1.165) is 15.7 Å². The highest BCUT2D eigenvalue weighted by molar-refractivity contribution is 9.10. The molecule has 2 rings (SSSR count). The number of alkyl carbamates (subject to hydrolysis) is 1. The Bertz CT molecular complexity index is 537. The summed E-state index contributed by atoms with van der Waals surface area (Å²) in [5.41, 5.74) is 1.82. The third kappa shape index (κ3) is 3.10. The van der Waals surface area contributed by atoms with Gasteiger partial charge in [-0.2, -0.15) is 0 Å². The molecule has 0 fully saturated rings. The van der Waals surface area contributed by atoms with Crippen molar-refractivity contribution in [3.8, 4) is 11.3 Å². The van der Waals surface area contributed by atoms with Gasteiger partial charge >= 0.3 is 6.09 Å². The number of aromatic amines is 1. The van der Waals surface area contributed by atoms with E-state index in [1.165, 1.54) is 7.05 Å². The number of nitrogens with one attached hydrogen (secondary N) is 2. The van der Waals surface area contributed by atoms with E-state index in [0.29, 0.717) is 5.82 Å². The Hall–Kier alpha value is -1.82. The average Bonchev–Trinajstić information content (AvgIpc) is 2.85. The number of carbonyl (C=O) groups is 1. The number of benzene rings is 1. The third-order valence-corrected chi connectivity index (χ3v) is 2.84. The largest absolute Gasteiger partial charge is 0.441 e. The molecule has 2 N–H and O–H groups in total. The molecular formula is C12H12BrN3O2. The molecule has 5 nitrogen and oxygen atoms in total. The lowest BCUT2D eigenvalue weighted by atomic mass is 10.2. The SMILES string of the molecule is CNC(=O)OCc1nc(-c2ccc(Br)cc2)c[nH]1. The number of rotatable bonds is 3. The minimum atomic E-state index is -0.475. The van der Waals surface area contributed by atoms with Crippen LogP contribution in [0, 0.1) is 0 Å². The molecule has 0 unspecified atom stereocenters. The average molecular weight is 310 g/mol. The van der Waals surface area contributed by atoms with Crippen molar-refractivity contribution in [3.63, 3.8) is 0 Å². The van der Waals surface area contributed by atoms with Gasteiger partial charge < -0.3 is 15.0 Å². The molecule has 0 aliphatic carbocycles. The number of amides is 1. The summed E-state index contributed by atoms with van der Waals surface area (Å²) < 4.78 is 5.91. The second-order valence-corrected chi connectivity index (χ2v) is 4.48. The molecule has 0 bridgehead atoms. The third-order valence-electron chi connectivity index (χ3n) is 2.32. The van der Waals surface area contributed by atoms with E-state index >= 15 is 0 Å². The molecule has 18 heavy (non-hydrogen) atoms. The Morgan fingerprint density at radius 2 is 2.17 bits per heavy atom. The number of aromatic nitrogens is 2. The van der Waals surface area contributed by atoms with E-state index in [2.05, 4.69) is 31.2 Å². The monoisotopic (exact) mass is 309 g/mol. The van der Waals surface area contributed by atoms with Crippen molar-refractivity contribution in [2.75, 3.05) is 7.05 Å². The van der Waals surface area contributed by atoms with Crippen molar-refractivity contribution in [2.24, 2.45) is 0 Å². The smallest absolute Gasteiger partial charge is 0.407 e. The van der Waals surface area contributed by atoms with Crippen LogP contribution in [0.1, 0.15) is 5.82 Å². The first kappa shape index (κ1) is 12.6. The standard InChI is InChI=1S/C12H12BrN3O2/c1-14-12(17)18-7-11-15-6-10(16-11)8-2-4-9(13)5-3-8/h2-6H,7H2,1H3,(H,14,17)(H,15,16). The van der Waals surface area contributed by atoms with Crippen LogP contribution in [0.4, 0.5) is 4.79 Å². The van der Waals surface area contributed by atoms with E-state index in [1.54, 1.807) is 6.20 Å². The van der Waals surface area contributed by atoms with E-state index < -0.39 is 6.09 Å². The maximum absolute atomic E-state index is 10.9. The van der Waals surface area contributed by atoms with Gasteiger partial charge in [-0.3, -0.25) is 0 Å². The Morgan fingerprint density at radius 1 is 1.44 bits per heavy atom. The number of hydrogen-bond donors (Lipinski definition) is 2. The minimum absolute atomic E-state index is 0.121. The van der Waals surface area contributed by atoms with Gasteiger partial charge in [0.05, 0.1) is 5.69 Å². The molecule has 1 aromatic carbocycles. The van der Waals surface area contributed by atoms with Crippen LogP contribution >= 0.6 is 15.9 Å². The van der Waals surface area contributed by atoms with Crippen LogP contribution in [0.5, 0.6) is 0 Å². The highest BCUT2D eigenvalue weighted by Gasteiger charge is 2.06. The van der Waals surface area contributed by atoms with Crippen LogP contribution in [0.15, 0.2) is 34.9 Å². The maximum Gasteiger partial charge on any atom is 0.407 e. The maximum atomic E-state index is 10.9. The van der Waals surface area contributed by atoms with Crippen molar-refractivity contribution in [1.29, 1.82) is 0 Å². The molecule has 2 aromatic rings. The summed E-state index contributed by atoms with van der Waals surface area (Å²) >= 11 is 3.38. The predicted molar refractivity (Wildman–Crippen MR) is 71.0 cm³/mol. The van der Waals surface area contributed by atoms with Crippen LogP contribution in [0.25, 0.3) is 11.3 Å². The van der Waals surface area contributed by atoms with Crippen molar-refractivity contribution in [1.82, 2.24) is 15.3 Å². The van der Waals surface area contributed by atoms with Gasteiger partial charge in [0.25, 0.3) is 0 Å². The first-order valence-electron chi connectivity index (χ1n) is 5.34. The lowest BCUT2D eigenvalue weighted by molar-refractivity contribution is 0.139. The van der Waals surface area contributed by atoms with Gasteiger partial charge in [0.1, 0.15) is 5.82 Å². The van der Waals surface area contributed by atoms with Gasteiger partial charge in [0.15, 0.2) is 6.61 Å². The van der Waals surface area contributed by atoms with Crippen molar-refractivity contribution in [3.05, 3.63) is 40.8 Å². The summed E-state index contributed by atoms with van der Waals surface area (Å²) in [6.45, 7) is 0.121. The van der Waals surface area contributed by atoms with Gasteiger partial charge in [-0.1, -0.05) is 28.1 Å². The second kappa shape index (κ2) is 5.68. The minimum Gasteiger partial charge on any atom is -0.441 e. The Labute approximate surface area is 113 Å². The fourth-order valence-corrected chi connectivity index (χ4v) is 1.67. The zero-order chi connectivity index (χ0) is 13.0. The molecule has 0 spiro atoms. The number of nitrogens with zero attached hydrogens (tertiary/aromatic N) is 1. The van der Waals surface area contributed by atoms with Gasteiger partial charge in [-0.05, 0) is 12.1 Å². The van der Waals surface area contributed by atoms with Crippen LogP contribution < -0.4 is 5.32 Å². The summed E-state index contributed by atoms with van der Waals surface area (Å²) in [5.74, 6) is 0.608. The number of carbonyl (C=O) groups excluding carboxylic acids is 1. The summed E-state index contributed by atoms with van der Waals surface area (Å²) in [5, 5.41) is 2.37. The number of H-pyrrole nitrogens is 1. The van der Waals surface area contributed by atoms with Crippen LogP contribution in [0.3, 0.4) is 0 Å². The molecule has 0 radical (unpaired) electrons. The summed E-state index contributed by atoms with van der Waals surface area (Å²) in [4.78, 5) is 18.2. The molecule has 0 aliphatic heterocycles.